The molecule has 0 radical (unpaired) electrons. The number of hydrogen-bond acceptors (Lipinski definition) is 4. The Morgan fingerprint density at radius 2 is 1.74 bits per heavy atom. The number of carbonyl (C=O) groups excluding carboxylic acids is 1. The third-order valence-corrected chi connectivity index (χ3v) is 3.49. The van der Waals surface area contributed by atoms with Crippen molar-refractivity contribution < 1.29 is 14.3 Å². The second kappa shape index (κ2) is 6.87. The average Bonchev–Trinajstić information content (AvgIpc) is 2.62. The van der Waals surface area contributed by atoms with Crippen molar-refractivity contribution in [2.24, 2.45) is 0 Å². The van der Waals surface area contributed by atoms with Gasteiger partial charge in [-0.2, -0.15) is 0 Å². The van der Waals surface area contributed by atoms with Crippen LogP contribution in [-0.4, -0.2) is 18.6 Å². The van der Waals surface area contributed by atoms with Crippen LogP contribution in [-0.2, 0) is 4.79 Å². The average molecular weight is 310 g/mol. The second-order valence-corrected chi connectivity index (χ2v) is 5.05. The number of para-hydroxylation sites is 2. The van der Waals surface area contributed by atoms with Gasteiger partial charge < -0.3 is 9.47 Å². The summed E-state index contributed by atoms with van der Waals surface area (Å²) in [6, 6.07) is 17.1. The second-order valence-electron chi connectivity index (χ2n) is 5.05. The third kappa shape index (κ3) is 3.45. The van der Waals surface area contributed by atoms with Crippen molar-refractivity contribution >= 4 is 11.6 Å². The minimum Gasteiger partial charge on any atom is -0.485 e. The summed E-state index contributed by atoms with van der Waals surface area (Å²) in [6.07, 6.45) is 1.20. The van der Waals surface area contributed by atoms with Crippen molar-refractivity contribution in [3.63, 3.8) is 0 Å². The first-order chi connectivity index (χ1) is 11.3. The van der Waals surface area contributed by atoms with Crippen LogP contribution < -0.4 is 20.3 Å². The van der Waals surface area contributed by atoms with Crippen LogP contribution in [0.25, 0.3) is 5.70 Å². The van der Waals surface area contributed by atoms with E-state index in [9.17, 15) is 4.79 Å². The third-order valence-electron chi connectivity index (χ3n) is 3.49. The number of fused-ring (bicyclic) bond motifs is 1. The lowest BCUT2D eigenvalue weighted by molar-refractivity contribution is -0.131. The standard InChI is InChI=1S/C18H18N2O3/c1-2-14(13-8-4-3-5-9-13)19-20-18(21)17-12-22-15-10-6-7-11-16(15)23-17/h2-11,17,19H,12H2,1H3,(H,20,21)/b14-2-/t17-/m1/s1. The van der Waals surface area contributed by atoms with E-state index in [-0.39, 0.29) is 12.5 Å². The quantitative estimate of drug-likeness (QED) is 0.852. The first-order valence-corrected chi connectivity index (χ1v) is 7.44. The molecule has 5 nitrogen and oxygen atoms in total. The summed E-state index contributed by atoms with van der Waals surface area (Å²) >= 11 is 0. The zero-order valence-electron chi connectivity index (χ0n) is 12.8. The van der Waals surface area contributed by atoms with E-state index in [1.807, 2.05) is 61.5 Å². The SMILES string of the molecule is C/C=C(\NNC(=O)[C@H]1COc2ccccc2O1)c1ccccc1. The summed E-state index contributed by atoms with van der Waals surface area (Å²) in [5.74, 6) is 0.950. The Bertz CT molecular complexity index is 713. The molecule has 0 aliphatic carbocycles. The molecule has 0 spiro atoms. The van der Waals surface area contributed by atoms with Gasteiger partial charge in [-0.05, 0) is 24.6 Å². The smallest absolute Gasteiger partial charge is 0.282 e. The maximum absolute atomic E-state index is 12.3. The molecule has 0 saturated carbocycles. The fourth-order valence-corrected chi connectivity index (χ4v) is 2.29. The highest BCUT2D eigenvalue weighted by Crippen LogP contribution is 2.30. The lowest BCUT2D eigenvalue weighted by atomic mass is 10.1. The van der Waals surface area contributed by atoms with Crippen LogP contribution in [0.3, 0.4) is 0 Å². The van der Waals surface area contributed by atoms with E-state index >= 15 is 0 Å². The Morgan fingerprint density at radius 3 is 2.48 bits per heavy atom. The number of benzene rings is 2. The molecule has 2 N–H and O–H groups in total. The minimum absolute atomic E-state index is 0.182. The topological polar surface area (TPSA) is 59.6 Å². The minimum atomic E-state index is -0.689. The maximum Gasteiger partial charge on any atom is 0.282 e. The molecule has 0 aromatic heterocycles. The van der Waals surface area contributed by atoms with Crippen molar-refractivity contribution in [1.29, 1.82) is 0 Å². The number of hydrogen-bond donors (Lipinski definition) is 2. The summed E-state index contributed by atoms with van der Waals surface area (Å²) in [5, 5.41) is 0. The highest BCUT2D eigenvalue weighted by molar-refractivity contribution is 5.82. The molecular formula is C18H18N2O3. The molecule has 0 saturated heterocycles. The molecule has 2 aromatic carbocycles. The monoisotopic (exact) mass is 310 g/mol. The zero-order chi connectivity index (χ0) is 16.1. The maximum atomic E-state index is 12.3. The van der Waals surface area contributed by atoms with Gasteiger partial charge in [0.05, 0.1) is 5.70 Å². The Labute approximate surface area is 134 Å². The van der Waals surface area contributed by atoms with Crippen molar-refractivity contribution in [1.82, 2.24) is 10.9 Å². The van der Waals surface area contributed by atoms with Gasteiger partial charge >= 0.3 is 0 Å². The number of ether oxygens (including phenoxy) is 2. The first-order valence-electron chi connectivity index (χ1n) is 7.44. The van der Waals surface area contributed by atoms with E-state index in [1.165, 1.54) is 0 Å². The Balaban J connectivity index is 1.60. The van der Waals surface area contributed by atoms with Crippen molar-refractivity contribution in [2.75, 3.05) is 6.61 Å². The number of hydrazine groups is 1. The van der Waals surface area contributed by atoms with Gasteiger partial charge in [-0.1, -0.05) is 48.5 Å². The molecule has 2 aromatic rings. The molecule has 3 rings (SSSR count). The lowest BCUT2D eigenvalue weighted by Crippen LogP contribution is -2.48. The van der Waals surface area contributed by atoms with Gasteiger partial charge in [-0.3, -0.25) is 15.6 Å². The molecule has 118 valence electrons. The van der Waals surface area contributed by atoms with E-state index in [4.69, 9.17) is 9.47 Å². The summed E-state index contributed by atoms with van der Waals surface area (Å²) < 4.78 is 11.2. The molecule has 0 fully saturated rings. The number of carbonyl (C=O) groups is 1. The molecule has 1 amide bonds. The van der Waals surface area contributed by atoms with Gasteiger partial charge in [0.2, 0.25) is 6.10 Å². The molecule has 23 heavy (non-hydrogen) atoms. The van der Waals surface area contributed by atoms with Gasteiger partial charge in [-0.25, -0.2) is 0 Å². The van der Waals surface area contributed by atoms with E-state index in [2.05, 4.69) is 10.9 Å². The predicted molar refractivity (Wildman–Crippen MR) is 87.7 cm³/mol. The predicted octanol–water partition coefficient (Wildman–Crippen LogP) is 2.51. The molecule has 0 bridgehead atoms. The molecule has 0 unspecified atom stereocenters. The van der Waals surface area contributed by atoms with Gasteiger partial charge in [0.15, 0.2) is 11.5 Å². The van der Waals surface area contributed by atoms with E-state index in [0.717, 1.165) is 11.3 Å². The van der Waals surface area contributed by atoms with Crippen LogP contribution in [0.5, 0.6) is 11.5 Å². The van der Waals surface area contributed by atoms with Gasteiger partial charge in [0, 0.05) is 0 Å². The molecule has 1 aliphatic heterocycles. The van der Waals surface area contributed by atoms with Gasteiger partial charge in [0.25, 0.3) is 5.91 Å². The lowest BCUT2D eigenvalue weighted by Gasteiger charge is -2.26. The van der Waals surface area contributed by atoms with Crippen molar-refractivity contribution in [2.45, 2.75) is 13.0 Å². The van der Waals surface area contributed by atoms with Crippen LogP contribution in [0, 0.1) is 0 Å². The fraction of sp³-hybridized carbons (Fsp3) is 0.167. The number of allylic oxidation sites excluding steroid dienone is 1. The van der Waals surface area contributed by atoms with Crippen molar-refractivity contribution in [3.8, 4) is 11.5 Å². The van der Waals surface area contributed by atoms with Gasteiger partial charge in [-0.15, -0.1) is 0 Å². The number of rotatable bonds is 4. The Hall–Kier alpha value is -2.95. The Morgan fingerprint density at radius 1 is 1.04 bits per heavy atom. The summed E-state index contributed by atoms with van der Waals surface area (Å²) in [4.78, 5) is 12.3. The van der Waals surface area contributed by atoms with Crippen LogP contribution >= 0.6 is 0 Å². The fourth-order valence-electron chi connectivity index (χ4n) is 2.29. The molecule has 5 heteroatoms. The highest BCUT2D eigenvalue weighted by atomic mass is 16.6. The van der Waals surface area contributed by atoms with Crippen LogP contribution in [0.4, 0.5) is 0 Å². The van der Waals surface area contributed by atoms with E-state index < -0.39 is 6.10 Å². The summed E-state index contributed by atoms with van der Waals surface area (Å²) in [5.41, 5.74) is 7.41. The van der Waals surface area contributed by atoms with Crippen LogP contribution in [0.1, 0.15) is 12.5 Å². The largest absolute Gasteiger partial charge is 0.485 e. The van der Waals surface area contributed by atoms with Crippen molar-refractivity contribution in [3.05, 3.63) is 66.2 Å². The Kier molecular flexibility index (Phi) is 4.47. The number of nitrogens with one attached hydrogen (secondary N) is 2. The molecule has 1 aliphatic rings. The van der Waals surface area contributed by atoms with Crippen LogP contribution in [0.2, 0.25) is 0 Å². The van der Waals surface area contributed by atoms with Gasteiger partial charge in [0.1, 0.15) is 6.61 Å². The first kappa shape index (κ1) is 15.0. The molecular weight excluding hydrogens is 292 g/mol. The van der Waals surface area contributed by atoms with E-state index in [0.29, 0.717) is 11.5 Å². The summed E-state index contributed by atoms with van der Waals surface area (Å²) in [6.45, 7) is 2.08. The van der Waals surface area contributed by atoms with E-state index in [1.54, 1.807) is 6.07 Å². The highest BCUT2D eigenvalue weighted by Gasteiger charge is 2.27. The molecule has 1 heterocycles. The number of amides is 1. The van der Waals surface area contributed by atoms with Crippen LogP contribution in [0.15, 0.2) is 60.7 Å². The normalized spacial score (nSPS) is 16.6. The molecule has 1 atom stereocenters. The summed E-state index contributed by atoms with van der Waals surface area (Å²) in [7, 11) is 0. The zero-order valence-corrected chi connectivity index (χ0v) is 12.8.